The Labute approximate surface area is 543 Å². The summed E-state index contributed by atoms with van der Waals surface area (Å²) in [5, 5.41) is 9.56. The summed E-state index contributed by atoms with van der Waals surface area (Å²) in [6.07, 6.45) is -4.53. The van der Waals surface area contributed by atoms with E-state index in [2.05, 4.69) is 106 Å². The second-order valence-electron chi connectivity index (χ2n) is 24.2. The van der Waals surface area contributed by atoms with E-state index in [9.17, 15) is 50.7 Å². The summed E-state index contributed by atoms with van der Waals surface area (Å²) < 4.78 is 72.2. The van der Waals surface area contributed by atoms with Gasteiger partial charge in [0.15, 0.2) is 34.6 Å². The summed E-state index contributed by atoms with van der Waals surface area (Å²) in [6, 6.07) is 27.2. The summed E-state index contributed by atoms with van der Waals surface area (Å²) in [5.41, 5.74) is 8.91. The molecule has 0 atom stereocenters. The summed E-state index contributed by atoms with van der Waals surface area (Å²) in [5.74, 6) is -0.633. The Morgan fingerprint density at radius 2 is 0.821 bits per heavy atom. The first kappa shape index (κ1) is 67.9. The monoisotopic (exact) mass is 1320 g/mol. The van der Waals surface area contributed by atoms with Crippen LogP contribution in [0.2, 0.25) is 5.02 Å². The van der Waals surface area contributed by atoms with E-state index in [-0.39, 0.29) is 70.9 Å². The van der Waals surface area contributed by atoms with Crippen LogP contribution in [0.5, 0.6) is 0 Å². The van der Waals surface area contributed by atoms with Gasteiger partial charge in [-0.3, -0.25) is 29.3 Å². The van der Waals surface area contributed by atoms with Gasteiger partial charge in [-0.1, -0.05) is 68.8 Å². The zero-order valence-corrected chi connectivity index (χ0v) is 54.1. The van der Waals surface area contributed by atoms with Crippen molar-refractivity contribution in [3.05, 3.63) is 237 Å². The molecule has 0 saturated heterocycles. The number of aromatic amines is 3. The number of H-pyrrole nitrogens is 3. The summed E-state index contributed by atoms with van der Waals surface area (Å²) in [4.78, 5) is 104. The predicted molar refractivity (Wildman–Crippen MR) is 355 cm³/mol. The van der Waals surface area contributed by atoms with Gasteiger partial charge < -0.3 is 29.7 Å². The van der Waals surface area contributed by atoms with Crippen molar-refractivity contribution in [2.75, 3.05) is 19.6 Å². The van der Waals surface area contributed by atoms with Gasteiger partial charge in [0, 0.05) is 75.6 Å². The molecule has 0 bridgehead atoms. The second-order valence-corrected chi connectivity index (χ2v) is 24.6. The predicted octanol–water partition coefficient (Wildman–Crippen LogP) is 9.22. The fourth-order valence-corrected chi connectivity index (χ4v) is 11.0. The van der Waals surface area contributed by atoms with Gasteiger partial charge in [0.25, 0.3) is 16.7 Å². The van der Waals surface area contributed by atoms with Crippen molar-refractivity contribution >= 4 is 44.7 Å². The van der Waals surface area contributed by atoms with Crippen LogP contribution in [0.15, 0.2) is 126 Å². The highest BCUT2D eigenvalue weighted by molar-refractivity contribution is 6.30. The molecule has 6 aliphatic rings. The lowest BCUT2D eigenvalue weighted by atomic mass is 9.87. The molecule has 0 radical (unpaired) electrons. The average molecular weight is 1320 g/mol. The molecule has 6 aliphatic heterocycles. The third-order valence-corrected chi connectivity index (χ3v) is 16.6. The fourth-order valence-electron chi connectivity index (χ4n) is 10.8. The molecule has 6 heterocycles. The minimum atomic E-state index is -4.53. The van der Waals surface area contributed by atoms with Crippen LogP contribution in [-0.4, -0.2) is 78.2 Å². The Hall–Kier alpha value is -10.0. The molecule has 0 unspecified atom stereocenters. The molecule has 492 valence electrons. The summed E-state index contributed by atoms with van der Waals surface area (Å²) >= 11 is 5.73. The third kappa shape index (κ3) is 15.5. The van der Waals surface area contributed by atoms with Crippen LogP contribution in [0.4, 0.5) is 22.0 Å². The molecule has 95 heavy (non-hydrogen) atoms. The number of benzene rings is 6. The summed E-state index contributed by atoms with van der Waals surface area (Å²) in [6.45, 7) is 21.7. The average Bonchev–Trinajstić information content (AvgIpc) is 0.780. The molecule has 0 aliphatic carbocycles. The van der Waals surface area contributed by atoms with Crippen molar-refractivity contribution in [3.8, 4) is 34.6 Å². The highest BCUT2D eigenvalue weighted by Gasteiger charge is 2.33. The topological polar surface area (TPSA) is 278 Å². The Morgan fingerprint density at radius 3 is 1.20 bits per heavy atom. The van der Waals surface area contributed by atoms with E-state index in [1.54, 1.807) is 9.13 Å². The number of halogens is 6. The molecule has 0 aromatic heterocycles. The number of nitrogens with one attached hydrogen (secondary N) is 6. The number of nitrogens with zero attached hydrogens (tertiary/aromatic N) is 9. The van der Waals surface area contributed by atoms with Gasteiger partial charge in [-0.25, -0.2) is 38.1 Å². The third-order valence-electron chi connectivity index (χ3n) is 16.4. The van der Waals surface area contributed by atoms with E-state index in [4.69, 9.17) is 11.6 Å². The number of hydrogen-bond acceptors (Lipinski definition) is 15. The molecule has 6 aromatic rings. The molecule has 6 aromatic carbocycles. The molecular formula is C68H67ClF5N15O6. The van der Waals surface area contributed by atoms with Crippen LogP contribution < -0.4 is 49.7 Å². The maximum atomic E-state index is 13.8. The van der Waals surface area contributed by atoms with E-state index >= 15 is 0 Å². The largest absolute Gasteiger partial charge is 0.416 e. The van der Waals surface area contributed by atoms with Crippen molar-refractivity contribution < 1.29 is 22.0 Å². The first-order valence-corrected chi connectivity index (χ1v) is 30.7. The van der Waals surface area contributed by atoms with Gasteiger partial charge in [-0.05, 0) is 152 Å². The van der Waals surface area contributed by atoms with Crippen molar-refractivity contribution in [3.63, 3.8) is 0 Å². The Balaban J connectivity index is 0.000000155. The quantitative estimate of drug-likeness (QED) is 0.0317. The Bertz CT molecular complexity index is 5170. The zero-order valence-electron chi connectivity index (χ0n) is 53.3. The minimum absolute atomic E-state index is 0.00623. The number of aryl methyl sites for hydroxylation is 6. The molecule has 0 spiro atoms. The molecule has 0 saturated carbocycles. The molecule has 6 N–H and O–H groups in total. The van der Waals surface area contributed by atoms with Gasteiger partial charge in [0.05, 0.1) is 38.7 Å². The minimum Gasteiger partial charge on any atom is -0.321 e. The molecular weight excluding hydrogens is 1250 g/mol. The zero-order chi connectivity index (χ0) is 68.4. The van der Waals surface area contributed by atoms with Crippen LogP contribution in [0.25, 0.3) is 67.7 Å². The van der Waals surface area contributed by atoms with Crippen molar-refractivity contribution in [2.24, 2.45) is 0 Å². The fraction of sp³-hybridized carbons (Fsp3) is 0.294. The smallest absolute Gasteiger partial charge is 0.321 e. The SMILES string of the molecule is Cc1cc2nc3c(=O)[nH]c(=O)nc-3n(CCNCc3ccc(C(C)(C)C)cc3)c2cc1C.Cc1cc2nc3c(=O)[nH]c(=O)nc-3n(CCNCc3ccc(Cl)cc3C(F)(F)F)c2cc1C.Cc1cc2nc3c(=O)[nH]c(=O)nc-3n(CCNCc3ccc(F)cc3F)c2cc1C. The Kier molecular flexibility index (Phi) is 19.9. The van der Waals surface area contributed by atoms with Crippen LogP contribution in [0, 0.1) is 53.2 Å². The Morgan fingerprint density at radius 1 is 0.453 bits per heavy atom. The van der Waals surface area contributed by atoms with Crippen LogP contribution in [0.3, 0.4) is 0 Å². The maximum Gasteiger partial charge on any atom is 0.416 e. The standard InChI is InChI=1S/C25H29N5O2.C22H19ClF3N5O2.C21H19F2N5O2/c1-15-12-19-20(13-16(15)2)30(22-21(27-19)23(31)29-24(32)28-22)11-10-26-14-17-6-8-18(9-7-17)25(3,4)5;1-11-7-16-17(8-12(11)2)31(19-18(28-16)20(32)30-21(33)29-19)6-5-27-10-13-3-4-14(23)9-15(13)22(24,25)26;1-11-7-16-17(8-12(11)2)28(19-18(25-16)20(29)27-21(30)26-19)6-5-24-10-13-3-4-14(22)9-15(13)23/h6-9,12-13,26H,10-11,14H2,1-5H3,(H,29,31,32);3-4,7-9,27H,5-6,10H2,1-2H3,(H,30,32,33);3-4,7-9,24H,5-6,10H2,1-2H3,(H,27,29,30). The number of fused-ring (bicyclic) bond motifs is 6. The van der Waals surface area contributed by atoms with Gasteiger partial charge in [-0.2, -0.15) is 28.1 Å². The first-order valence-electron chi connectivity index (χ1n) is 30.3. The molecule has 0 amide bonds. The highest BCUT2D eigenvalue weighted by Crippen LogP contribution is 2.34. The second kappa shape index (κ2) is 27.9. The summed E-state index contributed by atoms with van der Waals surface area (Å²) in [7, 11) is 0. The number of hydrogen-bond donors (Lipinski definition) is 6. The molecule has 21 nitrogen and oxygen atoms in total. The lowest BCUT2D eigenvalue weighted by Crippen LogP contribution is -2.30. The lowest BCUT2D eigenvalue weighted by Gasteiger charge is -2.19. The van der Waals surface area contributed by atoms with Crippen LogP contribution in [0.1, 0.15) is 82.0 Å². The van der Waals surface area contributed by atoms with Gasteiger partial charge >= 0.3 is 23.2 Å². The van der Waals surface area contributed by atoms with E-state index in [1.807, 2.05) is 82.5 Å². The number of rotatable bonds is 15. The lowest BCUT2D eigenvalue weighted by molar-refractivity contribution is -0.138. The van der Waals surface area contributed by atoms with Crippen LogP contribution in [-0.2, 0) is 50.9 Å². The van der Waals surface area contributed by atoms with E-state index in [1.165, 1.54) is 35.4 Å². The van der Waals surface area contributed by atoms with Gasteiger partial charge in [-0.15, -0.1) is 0 Å². The maximum absolute atomic E-state index is 13.8. The van der Waals surface area contributed by atoms with Crippen molar-refractivity contribution in [1.29, 1.82) is 0 Å². The normalized spacial score (nSPS) is 11.9. The number of aromatic nitrogens is 12. The molecule has 0 fully saturated rings. The van der Waals surface area contributed by atoms with E-state index in [0.717, 1.165) is 63.1 Å². The molecule has 12 rings (SSSR count). The van der Waals surface area contributed by atoms with Crippen molar-refractivity contribution in [1.82, 2.24) is 74.5 Å². The number of alkyl halides is 3. The van der Waals surface area contributed by atoms with E-state index in [0.29, 0.717) is 59.6 Å². The van der Waals surface area contributed by atoms with E-state index < -0.39 is 57.1 Å². The highest BCUT2D eigenvalue weighted by atomic mass is 35.5. The van der Waals surface area contributed by atoms with Gasteiger partial charge in [0.1, 0.15) is 11.6 Å². The molecule has 27 heteroatoms. The van der Waals surface area contributed by atoms with Crippen LogP contribution >= 0.6 is 11.6 Å². The van der Waals surface area contributed by atoms with Gasteiger partial charge in [0.2, 0.25) is 0 Å². The van der Waals surface area contributed by atoms with Crippen molar-refractivity contribution in [2.45, 2.75) is 113 Å². The first-order chi connectivity index (χ1) is 45.0.